The molecule has 1 aromatic heterocycles. The molecule has 25 heavy (non-hydrogen) atoms. The minimum Gasteiger partial charge on any atom is -0.378 e. The van der Waals surface area contributed by atoms with E-state index in [1.165, 1.54) is 11.8 Å². The molecule has 2 aromatic rings. The molecule has 0 bridgehead atoms. The number of carbonyl (C=O) groups excluding carboxylic acids is 1. The van der Waals surface area contributed by atoms with Crippen molar-refractivity contribution >= 4 is 35.5 Å². The van der Waals surface area contributed by atoms with Gasteiger partial charge in [0, 0.05) is 18.1 Å². The standard InChI is InChI=1S/C16H18ClN5O2S/c1-12-19-20-16(25-11-15(23)21-6-8-24-9-7-21)22(12)18-10-13-2-4-14(17)5-3-13/h2-5,10H,6-9,11H2,1H3. The first-order chi connectivity index (χ1) is 12.1. The summed E-state index contributed by atoms with van der Waals surface area (Å²) in [6, 6.07) is 7.36. The lowest BCUT2D eigenvalue weighted by Crippen LogP contribution is -2.41. The zero-order valence-corrected chi connectivity index (χ0v) is 15.3. The summed E-state index contributed by atoms with van der Waals surface area (Å²) >= 11 is 7.21. The van der Waals surface area contributed by atoms with Gasteiger partial charge in [0.2, 0.25) is 11.1 Å². The van der Waals surface area contributed by atoms with Gasteiger partial charge in [-0.3, -0.25) is 4.79 Å². The largest absolute Gasteiger partial charge is 0.378 e. The molecule has 0 atom stereocenters. The van der Waals surface area contributed by atoms with Crippen molar-refractivity contribution in [3.63, 3.8) is 0 Å². The number of amides is 1. The zero-order valence-electron chi connectivity index (χ0n) is 13.8. The highest BCUT2D eigenvalue weighted by Gasteiger charge is 2.18. The molecule has 0 aliphatic carbocycles. The lowest BCUT2D eigenvalue weighted by atomic mass is 10.2. The van der Waals surface area contributed by atoms with Crippen LogP contribution in [0.2, 0.25) is 5.02 Å². The van der Waals surface area contributed by atoms with Gasteiger partial charge < -0.3 is 9.64 Å². The number of morpholine rings is 1. The molecule has 1 amide bonds. The lowest BCUT2D eigenvalue weighted by molar-refractivity contribution is -0.132. The molecule has 0 spiro atoms. The number of nitrogens with zero attached hydrogens (tertiary/aromatic N) is 5. The normalized spacial score (nSPS) is 15.0. The minimum absolute atomic E-state index is 0.0715. The van der Waals surface area contributed by atoms with E-state index < -0.39 is 0 Å². The molecule has 1 aromatic carbocycles. The van der Waals surface area contributed by atoms with Gasteiger partial charge in [0.1, 0.15) is 0 Å². The second-order valence-electron chi connectivity index (χ2n) is 5.42. The number of ether oxygens (including phenoxy) is 1. The van der Waals surface area contributed by atoms with Gasteiger partial charge in [-0.1, -0.05) is 35.5 Å². The van der Waals surface area contributed by atoms with Crippen molar-refractivity contribution in [2.24, 2.45) is 5.10 Å². The van der Waals surface area contributed by atoms with Crippen molar-refractivity contribution < 1.29 is 9.53 Å². The Hall–Kier alpha value is -1.90. The Morgan fingerprint density at radius 3 is 2.76 bits per heavy atom. The Morgan fingerprint density at radius 2 is 2.04 bits per heavy atom. The van der Waals surface area contributed by atoms with Crippen LogP contribution in [0.5, 0.6) is 0 Å². The SMILES string of the molecule is Cc1nnc(SCC(=O)N2CCOCC2)n1N=Cc1ccc(Cl)cc1. The summed E-state index contributed by atoms with van der Waals surface area (Å²) < 4.78 is 6.89. The molecule has 1 aliphatic heterocycles. The van der Waals surface area contributed by atoms with Crippen LogP contribution < -0.4 is 0 Å². The Bertz CT molecular complexity index is 756. The highest BCUT2D eigenvalue weighted by atomic mass is 35.5. The van der Waals surface area contributed by atoms with Crippen LogP contribution in [0.1, 0.15) is 11.4 Å². The van der Waals surface area contributed by atoms with E-state index in [0.717, 1.165) is 5.56 Å². The van der Waals surface area contributed by atoms with Crippen molar-refractivity contribution in [2.45, 2.75) is 12.1 Å². The van der Waals surface area contributed by atoms with E-state index in [2.05, 4.69) is 15.3 Å². The van der Waals surface area contributed by atoms with E-state index in [1.807, 2.05) is 19.1 Å². The quantitative estimate of drug-likeness (QED) is 0.587. The molecule has 0 N–H and O–H groups in total. The highest BCUT2D eigenvalue weighted by molar-refractivity contribution is 7.99. The van der Waals surface area contributed by atoms with Gasteiger partial charge in [0.25, 0.3) is 0 Å². The van der Waals surface area contributed by atoms with Crippen molar-refractivity contribution in [3.8, 4) is 0 Å². The maximum Gasteiger partial charge on any atom is 0.233 e. The fourth-order valence-electron chi connectivity index (χ4n) is 2.26. The predicted octanol–water partition coefficient (Wildman–Crippen LogP) is 2.07. The van der Waals surface area contributed by atoms with Crippen molar-refractivity contribution in [1.29, 1.82) is 0 Å². The summed E-state index contributed by atoms with van der Waals surface area (Å²) in [6.07, 6.45) is 1.71. The van der Waals surface area contributed by atoms with Crippen LogP contribution in [0.15, 0.2) is 34.5 Å². The van der Waals surface area contributed by atoms with Crippen LogP contribution in [0, 0.1) is 6.92 Å². The second-order valence-corrected chi connectivity index (χ2v) is 6.80. The Labute approximate surface area is 155 Å². The van der Waals surface area contributed by atoms with Gasteiger partial charge in [-0.2, -0.15) is 9.78 Å². The second kappa shape index (κ2) is 8.46. The number of benzene rings is 1. The number of hydrogen-bond acceptors (Lipinski definition) is 6. The maximum atomic E-state index is 12.2. The van der Waals surface area contributed by atoms with Gasteiger partial charge >= 0.3 is 0 Å². The van der Waals surface area contributed by atoms with E-state index in [-0.39, 0.29) is 5.91 Å². The zero-order chi connectivity index (χ0) is 17.6. The molecule has 3 rings (SSSR count). The number of hydrogen-bond donors (Lipinski definition) is 0. The fourth-order valence-corrected chi connectivity index (χ4v) is 3.23. The first kappa shape index (κ1) is 17.9. The van der Waals surface area contributed by atoms with E-state index in [0.29, 0.717) is 48.1 Å². The van der Waals surface area contributed by atoms with Crippen molar-refractivity contribution in [3.05, 3.63) is 40.7 Å². The van der Waals surface area contributed by atoms with Crippen LogP contribution >= 0.6 is 23.4 Å². The van der Waals surface area contributed by atoms with Crippen molar-refractivity contribution in [1.82, 2.24) is 19.8 Å². The van der Waals surface area contributed by atoms with Crippen LogP contribution in [0.25, 0.3) is 0 Å². The summed E-state index contributed by atoms with van der Waals surface area (Å²) in [5, 5.41) is 13.8. The van der Waals surface area contributed by atoms with Crippen LogP contribution in [-0.4, -0.2) is 64.0 Å². The lowest BCUT2D eigenvalue weighted by Gasteiger charge is -2.26. The molecule has 132 valence electrons. The van der Waals surface area contributed by atoms with Gasteiger partial charge in [0.15, 0.2) is 5.82 Å². The fraction of sp³-hybridized carbons (Fsp3) is 0.375. The third-order valence-corrected chi connectivity index (χ3v) is 4.80. The van der Waals surface area contributed by atoms with Crippen LogP contribution in [0.4, 0.5) is 0 Å². The average molecular weight is 380 g/mol. The van der Waals surface area contributed by atoms with Gasteiger partial charge in [-0.25, -0.2) is 0 Å². The van der Waals surface area contributed by atoms with E-state index in [4.69, 9.17) is 16.3 Å². The van der Waals surface area contributed by atoms with Crippen LogP contribution in [0.3, 0.4) is 0 Å². The van der Waals surface area contributed by atoms with Gasteiger partial charge in [-0.15, -0.1) is 10.2 Å². The average Bonchev–Trinajstić information content (AvgIpc) is 3.00. The summed E-state index contributed by atoms with van der Waals surface area (Å²) in [6.45, 7) is 4.29. The first-order valence-electron chi connectivity index (χ1n) is 7.84. The number of aryl methyl sites for hydroxylation is 1. The number of thioether (sulfide) groups is 1. The molecule has 0 saturated carbocycles. The molecular weight excluding hydrogens is 362 g/mol. The van der Waals surface area contributed by atoms with Crippen molar-refractivity contribution in [2.75, 3.05) is 32.1 Å². The first-order valence-corrected chi connectivity index (χ1v) is 9.20. The third kappa shape index (κ3) is 4.81. The minimum atomic E-state index is 0.0715. The smallest absolute Gasteiger partial charge is 0.233 e. The van der Waals surface area contributed by atoms with Crippen LogP contribution in [-0.2, 0) is 9.53 Å². The molecular formula is C16H18ClN5O2S. The van der Waals surface area contributed by atoms with E-state index in [9.17, 15) is 4.79 Å². The molecule has 7 nitrogen and oxygen atoms in total. The maximum absolute atomic E-state index is 12.2. The molecule has 0 radical (unpaired) electrons. The molecule has 9 heteroatoms. The molecule has 2 heterocycles. The Kier molecular flexibility index (Phi) is 6.06. The summed E-state index contributed by atoms with van der Waals surface area (Å²) in [7, 11) is 0. The highest BCUT2D eigenvalue weighted by Crippen LogP contribution is 2.18. The van der Waals surface area contributed by atoms with Gasteiger partial charge in [0.05, 0.1) is 25.2 Å². The number of rotatable bonds is 5. The number of halogens is 1. The molecule has 0 unspecified atom stereocenters. The number of carbonyl (C=O) groups is 1. The summed E-state index contributed by atoms with van der Waals surface area (Å²) in [4.78, 5) is 14.0. The molecule has 1 aliphatic rings. The monoisotopic (exact) mass is 379 g/mol. The number of aromatic nitrogens is 3. The Morgan fingerprint density at radius 1 is 1.32 bits per heavy atom. The van der Waals surface area contributed by atoms with E-state index in [1.54, 1.807) is 27.9 Å². The van der Waals surface area contributed by atoms with Gasteiger partial charge in [-0.05, 0) is 24.6 Å². The Balaban J connectivity index is 1.64. The molecule has 1 saturated heterocycles. The predicted molar refractivity (Wildman–Crippen MR) is 97.3 cm³/mol. The summed E-state index contributed by atoms with van der Waals surface area (Å²) in [5.41, 5.74) is 0.915. The third-order valence-electron chi connectivity index (χ3n) is 3.65. The topological polar surface area (TPSA) is 72.6 Å². The molecule has 1 fully saturated rings. The van der Waals surface area contributed by atoms with E-state index >= 15 is 0 Å². The summed E-state index contributed by atoms with van der Waals surface area (Å²) in [5.74, 6) is 1.03.